The van der Waals surface area contributed by atoms with Gasteiger partial charge in [0.15, 0.2) is 0 Å². The summed E-state index contributed by atoms with van der Waals surface area (Å²) >= 11 is 0. The van der Waals surface area contributed by atoms with Crippen LogP contribution in [0.15, 0.2) is 0 Å². The molecule has 0 aromatic heterocycles. The minimum atomic E-state index is -0.500. The lowest BCUT2D eigenvalue weighted by atomic mass is 9.78. The van der Waals surface area contributed by atoms with Gasteiger partial charge in [0.25, 0.3) is 0 Å². The van der Waals surface area contributed by atoms with Gasteiger partial charge in [0, 0.05) is 19.1 Å². The number of carbonyl (C=O) groups excluding carboxylic acids is 2. The topological polar surface area (TPSA) is 58.6 Å². The minimum absolute atomic E-state index is 0.106. The largest absolute Gasteiger partial charge is 0.444 e. The summed E-state index contributed by atoms with van der Waals surface area (Å²) < 4.78 is 5.44. The third-order valence-corrected chi connectivity index (χ3v) is 5.48. The van der Waals surface area contributed by atoms with E-state index < -0.39 is 5.60 Å². The van der Waals surface area contributed by atoms with Crippen molar-refractivity contribution >= 4 is 12.0 Å². The second-order valence-electron chi connectivity index (χ2n) is 8.65. The second-order valence-corrected chi connectivity index (χ2v) is 8.65. The van der Waals surface area contributed by atoms with Gasteiger partial charge in [-0.2, -0.15) is 0 Å². The van der Waals surface area contributed by atoms with Crippen molar-refractivity contribution in [2.75, 3.05) is 13.1 Å². The molecule has 1 aliphatic heterocycles. The Bertz CT molecular complexity index is 458. The summed E-state index contributed by atoms with van der Waals surface area (Å²) in [6, 6.07) is 0.276. The number of ether oxygens (including phenoxy) is 1. The molecule has 138 valence electrons. The number of amides is 2. The molecule has 2 rings (SSSR count). The van der Waals surface area contributed by atoms with Crippen molar-refractivity contribution in [3.8, 4) is 0 Å². The molecule has 4 unspecified atom stereocenters. The Hall–Kier alpha value is -1.26. The SMILES string of the molecule is CC1CCCC(NC(=O)C2CCCN(C(=O)OC(C)(C)C)C2)C1C. The molecule has 2 fully saturated rings. The second kappa shape index (κ2) is 7.75. The van der Waals surface area contributed by atoms with E-state index >= 15 is 0 Å². The first kappa shape index (κ1) is 19.1. The van der Waals surface area contributed by atoms with Gasteiger partial charge in [-0.15, -0.1) is 0 Å². The van der Waals surface area contributed by atoms with Crippen LogP contribution in [0.3, 0.4) is 0 Å². The van der Waals surface area contributed by atoms with Crippen molar-refractivity contribution in [1.29, 1.82) is 0 Å². The third kappa shape index (κ3) is 5.12. The Balaban J connectivity index is 1.89. The van der Waals surface area contributed by atoms with E-state index in [-0.39, 0.29) is 24.0 Å². The summed E-state index contributed by atoms with van der Waals surface area (Å²) in [5.41, 5.74) is -0.500. The van der Waals surface area contributed by atoms with Crippen molar-refractivity contribution in [2.24, 2.45) is 17.8 Å². The highest BCUT2D eigenvalue weighted by molar-refractivity contribution is 5.80. The van der Waals surface area contributed by atoms with Gasteiger partial charge < -0.3 is 15.0 Å². The Labute approximate surface area is 146 Å². The number of carbonyl (C=O) groups is 2. The molecule has 1 heterocycles. The molecule has 0 radical (unpaired) electrons. The first-order valence-electron chi connectivity index (χ1n) is 9.45. The quantitative estimate of drug-likeness (QED) is 0.837. The van der Waals surface area contributed by atoms with Crippen molar-refractivity contribution < 1.29 is 14.3 Å². The van der Waals surface area contributed by atoms with Crippen LogP contribution in [0.5, 0.6) is 0 Å². The Morgan fingerprint density at radius 2 is 1.79 bits per heavy atom. The molecule has 0 aromatic rings. The lowest BCUT2D eigenvalue weighted by Crippen LogP contribution is -2.50. The molecule has 5 nitrogen and oxygen atoms in total. The molecular weight excluding hydrogens is 304 g/mol. The Morgan fingerprint density at radius 1 is 1.08 bits per heavy atom. The molecule has 24 heavy (non-hydrogen) atoms. The van der Waals surface area contributed by atoms with Crippen LogP contribution in [0, 0.1) is 17.8 Å². The fraction of sp³-hybridized carbons (Fsp3) is 0.895. The highest BCUT2D eigenvalue weighted by Crippen LogP contribution is 2.30. The predicted octanol–water partition coefficient (Wildman–Crippen LogP) is 3.57. The molecule has 2 amide bonds. The summed E-state index contributed by atoms with van der Waals surface area (Å²) in [4.78, 5) is 26.6. The smallest absolute Gasteiger partial charge is 0.410 e. The number of nitrogens with zero attached hydrogens (tertiary/aromatic N) is 1. The number of hydrogen-bond donors (Lipinski definition) is 1. The van der Waals surface area contributed by atoms with Crippen molar-refractivity contribution in [2.45, 2.75) is 78.4 Å². The maximum atomic E-state index is 12.7. The fourth-order valence-corrected chi connectivity index (χ4v) is 3.77. The van der Waals surface area contributed by atoms with E-state index in [0.29, 0.717) is 24.9 Å². The first-order chi connectivity index (χ1) is 11.2. The van der Waals surface area contributed by atoms with E-state index in [4.69, 9.17) is 4.74 Å². The summed E-state index contributed by atoms with van der Waals surface area (Å²) in [6.45, 7) is 11.3. The Kier molecular flexibility index (Phi) is 6.16. The molecule has 5 heteroatoms. The van der Waals surface area contributed by atoms with E-state index in [1.807, 2.05) is 20.8 Å². The van der Waals surface area contributed by atoms with E-state index in [2.05, 4.69) is 19.2 Å². The highest BCUT2D eigenvalue weighted by atomic mass is 16.6. The van der Waals surface area contributed by atoms with Crippen LogP contribution in [0.1, 0.15) is 66.7 Å². The zero-order chi connectivity index (χ0) is 17.9. The molecule has 1 saturated heterocycles. The average molecular weight is 338 g/mol. The monoisotopic (exact) mass is 338 g/mol. The van der Waals surface area contributed by atoms with Crippen LogP contribution in [0.2, 0.25) is 0 Å². The predicted molar refractivity (Wildman–Crippen MR) is 94.6 cm³/mol. The number of rotatable bonds is 2. The third-order valence-electron chi connectivity index (χ3n) is 5.48. The van der Waals surface area contributed by atoms with E-state index in [9.17, 15) is 9.59 Å². The van der Waals surface area contributed by atoms with Crippen LogP contribution in [-0.4, -0.2) is 41.6 Å². The molecular formula is C19H34N2O3. The van der Waals surface area contributed by atoms with Gasteiger partial charge >= 0.3 is 6.09 Å². The molecule has 2 aliphatic rings. The number of likely N-dealkylation sites (tertiary alicyclic amines) is 1. The zero-order valence-electron chi connectivity index (χ0n) is 15.9. The Morgan fingerprint density at radius 3 is 2.46 bits per heavy atom. The lowest BCUT2D eigenvalue weighted by molar-refractivity contribution is -0.128. The normalized spacial score (nSPS) is 31.5. The lowest BCUT2D eigenvalue weighted by Gasteiger charge is -2.37. The summed E-state index contributed by atoms with van der Waals surface area (Å²) in [7, 11) is 0. The van der Waals surface area contributed by atoms with Crippen LogP contribution in [0.25, 0.3) is 0 Å². The summed E-state index contributed by atoms with van der Waals surface area (Å²) in [5.74, 6) is 1.17. The van der Waals surface area contributed by atoms with Gasteiger partial charge in [0.05, 0.1) is 5.92 Å². The van der Waals surface area contributed by atoms with Gasteiger partial charge in [0.1, 0.15) is 5.60 Å². The summed E-state index contributed by atoms with van der Waals surface area (Å²) in [6.07, 6.45) is 4.91. The van der Waals surface area contributed by atoms with Crippen LogP contribution in [0.4, 0.5) is 4.79 Å². The molecule has 0 spiro atoms. The molecule has 0 aromatic carbocycles. The standard InChI is InChI=1S/C19H34N2O3/c1-13-8-6-10-16(14(13)2)20-17(22)15-9-7-11-21(12-15)18(23)24-19(3,4)5/h13-16H,6-12H2,1-5H3,(H,20,22). The van der Waals surface area contributed by atoms with Gasteiger partial charge in [-0.25, -0.2) is 4.79 Å². The van der Waals surface area contributed by atoms with Gasteiger partial charge in [-0.3, -0.25) is 4.79 Å². The van der Waals surface area contributed by atoms with Crippen molar-refractivity contribution in [1.82, 2.24) is 10.2 Å². The number of piperidine rings is 1. The maximum Gasteiger partial charge on any atom is 0.410 e. The van der Waals surface area contributed by atoms with E-state index in [1.165, 1.54) is 12.8 Å². The maximum absolute atomic E-state index is 12.7. The molecule has 1 aliphatic carbocycles. The zero-order valence-corrected chi connectivity index (χ0v) is 15.9. The number of nitrogens with one attached hydrogen (secondary N) is 1. The highest BCUT2D eigenvalue weighted by Gasteiger charge is 2.34. The van der Waals surface area contributed by atoms with Crippen molar-refractivity contribution in [3.63, 3.8) is 0 Å². The minimum Gasteiger partial charge on any atom is -0.444 e. The van der Waals surface area contributed by atoms with E-state index in [0.717, 1.165) is 19.3 Å². The average Bonchev–Trinajstić information content (AvgIpc) is 2.50. The first-order valence-corrected chi connectivity index (χ1v) is 9.45. The van der Waals surface area contributed by atoms with Crippen LogP contribution < -0.4 is 5.32 Å². The van der Waals surface area contributed by atoms with Gasteiger partial charge in [0.2, 0.25) is 5.91 Å². The van der Waals surface area contributed by atoms with E-state index in [1.54, 1.807) is 4.90 Å². The van der Waals surface area contributed by atoms with Gasteiger partial charge in [-0.05, 0) is 51.9 Å². The summed E-state index contributed by atoms with van der Waals surface area (Å²) in [5, 5.41) is 3.26. The van der Waals surface area contributed by atoms with Crippen LogP contribution >= 0.6 is 0 Å². The molecule has 1 N–H and O–H groups in total. The van der Waals surface area contributed by atoms with Gasteiger partial charge in [-0.1, -0.05) is 26.7 Å². The van der Waals surface area contributed by atoms with Crippen molar-refractivity contribution in [3.05, 3.63) is 0 Å². The van der Waals surface area contributed by atoms with Crippen LogP contribution in [-0.2, 0) is 9.53 Å². The molecule has 0 bridgehead atoms. The molecule has 1 saturated carbocycles. The molecule has 4 atom stereocenters. The fourth-order valence-electron chi connectivity index (χ4n) is 3.77. The number of hydrogen-bond acceptors (Lipinski definition) is 3.